The highest BCUT2D eigenvalue weighted by Gasteiger charge is 2.07. The van der Waals surface area contributed by atoms with E-state index in [1.807, 2.05) is 20.8 Å². The van der Waals surface area contributed by atoms with Gasteiger partial charge in [0.1, 0.15) is 5.78 Å². The zero-order valence-corrected chi connectivity index (χ0v) is 9.43. The Labute approximate surface area is 86.3 Å². The molecule has 1 atom stereocenters. The van der Waals surface area contributed by atoms with Crippen LogP contribution in [0.4, 0.5) is 0 Å². The highest BCUT2D eigenvalue weighted by atomic mass is 16.2. The SMILES string of the molecule is CCCC(=O)CCC(=O)N[C@@H](C)CC. The molecule has 0 unspecified atom stereocenters. The molecule has 0 saturated heterocycles. The van der Waals surface area contributed by atoms with Gasteiger partial charge in [-0.3, -0.25) is 9.59 Å². The van der Waals surface area contributed by atoms with E-state index in [-0.39, 0.29) is 17.7 Å². The van der Waals surface area contributed by atoms with Gasteiger partial charge in [0.2, 0.25) is 5.91 Å². The molecular weight excluding hydrogens is 178 g/mol. The maximum atomic E-state index is 11.3. The lowest BCUT2D eigenvalue weighted by atomic mass is 10.1. The predicted molar refractivity (Wildman–Crippen MR) is 57.0 cm³/mol. The van der Waals surface area contributed by atoms with E-state index in [2.05, 4.69) is 5.32 Å². The second-order valence-electron chi connectivity index (χ2n) is 3.67. The lowest BCUT2D eigenvalue weighted by Gasteiger charge is -2.10. The van der Waals surface area contributed by atoms with E-state index in [1.54, 1.807) is 0 Å². The number of nitrogens with one attached hydrogen (secondary N) is 1. The first-order valence-corrected chi connectivity index (χ1v) is 5.41. The third-order valence-electron chi connectivity index (χ3n) is 2.18. The summed E-state index contributed by atoms with van der Waals surface area (Å²) in [5.41, 5.74) is 0. The van der Waals surface area contributed by atoms with Crippen LogP contribution in [-0.4, -0.2) is 17.7 Å². The van der Waals surface area contributed by atoms with Crippen LogP contribution in [-0.2, 0) is 9.59 Å². The minimum absolute atomic E-state index is 0.0104. The predicted octanol–water partition coefficient (Wildman–Crippen LogP) is 2.05. The monoisotopic (exact) mass is 199 g/mol. The normalized spacial score (nSPS) is 12.2. The van der Waals surface area contributed by atoms with Crippen molar-refractivity contribution in [2.45, 2.75) is 58.9 Å². The van der Waals surface area contributed by atoms with Crippen LogP contribution >= 0.6 is 0 Å². The summed E-state index contributed by atoms with van der Waals surface area (Å²) in [4.78, 5) is 22.4. The Balaban J connectivity index is 3.58. The number of hydrogen-bond acceptors (Lipinski definition) is 2. The Morgan fingerprint density at radius 2 is 1.79 bits per heavy atom. The van der Waals surface area contributed by atoms with Gasteiger partial charge in [0.25, 0.3) is 0 Å². The van der Waals surface area contributed by atoms with Crippen molar-refractivity contribution in [2.24, 2.45) is 0 Å². The minimum Gasteiger partial charge on any atom is -0.354 e. The Morgan fingerprint density at radius 3 is 2.29 bits per heavy atom. The fourth-order valence-corrected chi connectivity index (χ4v) is 1.11. The number of ketones is 1. The van der Waals surface area contributed by atoms with Gasteiger partial charge in [-0.25, -0.2) is 0 Å². The average Bonchev–Trinajstić information content (AvgIpc) is 2.15. The quantitative estimate of drug-likeness (QED) is 0.682. The van der Waals surface area contributed by atoms with Crippen LogP contribution < -0.4 is 5.32 Å². The van der Waals surface area contributed by atoms with E-state index in [0.717, 1.165) is 12.8 Å². The lowest BCUT2D eigenvalue weighted by molar-refractivity contribution is -0.125. The summed E-state index contributed by atoms with van der Waals surface area (Å²) in [5, 5.41) is 2.84. The van der Waals surface area contributed by atoms with Crippen LogP contribution in [0.3, 0.4) is 0 Å². The van der Waals surface area contributed by atoms with Gasteiger partial charge in [0, 0.05) is 25.3 Å². The first-order valence-electron chi connectivity index (χ1n) is 5.41. The fraction of sp³-hybridized carbons (Fsp3) is 0.818. The van der Waals surface area contributed by atoms with Gasteiger partial charge < -0.3 is 5.32 Å². The Bertz CT molecular complexity index is 190. The Hall–Kier alpha value is -0.860. The van der Waals surface area contributed by atoms with E-state index in [9.17, 15) is 9.59 Å². The molecule has 0 aliphatic carbocycles. The Kier molecular flexibility index (Phi) is 7.07. The van der Waals surface area contributed by atoms with E-state index >= 15 is 0 Å². The first-order chi connectivity index (χ1) is 6.60. The third-order valence-corrected chi connectivity index (χ3v) is 2.18. The average molecular weight is 199 g/mol. The minimum atomic E-state index is -0.0104. The zero-order valence-electron chi connectivity index (χ0n) is 9.43. The smallest absolute Gasteiger partial charge is 0.220 e. The molecule has 0 saturated carbocycles. The molecule has 3 heteroatoms. The summed E-state index contributed by atoms with van der Waals surface area (Å²) < 4.78 is 0. The summed E-state index contributed by atoms with van der Waals surface area (Å²) in [6.07, 6.45) is 3.11. The van der Waals surface area contributed by atoms with E-state index in [4.69, 9.17) is 0 Å². The van der Waals surface area contributed by atoms with Gasteiger partial charge >= 0.3 is 0 Å². The summed E-state index contributed by atoms with van der Waals surface area (Å²) in [6.45, 7) is 5.95. The molecule has 0 rings (SSSR count). The molecule has 0 fully saturated rings. The van der Waals surface area contributed by atoms with Crippen molar-refractivity contribution in [3.05, 3.63) is 0 Å². The zero-order chi connectivity index (χ0) is 11.0. The van der Waals surface area contributed by atoms with Crippen molar-refractivity contribution in [3.63, 3.8) is 0 Å². The van der Waals surface area contributed by atoms with Crippen molar-refractivity contribution in [2.75, 3.05) is 0 Å². The van der Waals surface area contributed by atoms with Crippen molar-refractivity contribution >= 4 is 11.7 Å². The van der Waals surface area contributed by atoms with Crippen molar-refractivity contribution in [3.8, 4) is 0 Å². The summed E-state index contributed by atoms with van der Waals surface area (Å²) in [6, 6.07) is 0.212. The number of amides is 1. The lowest BCUT2D eigenvalue weighted by Crippen LogP contribution is -2.32. The molecule has 3 nitrogen and oxygen atoms in total. The van der Waals surface area contributed by atoms with Crippen LogP contribution in [0, 0.1) is 0 Å². The molecule has 0 aromatic carbocycles. The molecule has 0 spiro atoms. The van der Waals surface area contributed by atoms with Gasteiger partial charge in [0.05, 0.1) is 0 Å². The van der Waals surface area contributed by atoms with Gasteiger partial charge in [-0.1, -0.05) is 13.8 Å². The molecule has 14 heavy (non-hydrogen) atoms. The van der Waals surface area contributed by atoms with Crippen LogP contribution in [0.25, 0.3) is 0 Å². The highest BCUT2D eigenvalue weighted by molar-refractivity contribution is 5.84. The summed E-state index contributed by atoms with van der Waals surface area (Å²) in [5.74, 6) is 0.176. The van der Waals surface area contributed by atoms with Crippen LogP contribution in [0.1, 0.15) is 52.9 Å². The van der Waals surface area contributed by atoms with E-state index in [1.165, 1.54) is 0 Å². The molecule has 82 valence electrons. The number of rotatable bonds is 7. The van der Waals surface area contributed by atoms with Crippen LogP contribution in [0.2, 0.25) is 0 Å². The van der Waals surface area contributed by atoms with Gasteiger partial charge in [-0.05, 0) is 19.8 Å². The van der Waals surface area contributed by atoms with Crippen molar-refractivity contribution in [1.29, 1.82) is 0 Å². The summed E-state index contributed by atoms with van der Waals surface area (Å²) in [7, 11) is 0. The maximum absolute atomic E-state index is 11.3. The molecule has 1 N–H and O–H groups in total. The third kappa shape index (κ3) is 6.63. The van der Waals surface area contributed by atoms with Crippen LogP contribution in [0.15, 0.2) is 0 Å². The molecule has 0 aromatic rings. The molecule has 0 bridgehead atoms. The van der Waals surface area contributed by atoms with Crippen molar-refractivity contribution in [1.82, 2.24) is 5.32 Å². The molecule has 0 heterocycles. The molecule has 0 aliphatic heterocycles. The second kappa shape index (κ2) is 7.54. The fourth-order valence-electron chi connectivity index (χ4n) is 1.11. The maximum Gasteiger partial charge on any atom is 0.220 e. The van der Waals surface area contributed by atoms with E-state index in [0.29, 0.717) is 19.3 Å². The molecule has 0 radical (unpaired) electrons. The van der Waals surface area contributed by atoms with Crippen molar-refractivity contribution < 1.29 is 9.59 Å². The van der Waals surface area contributed by atoms with Gasteiger partial charge in [-0.2, -0.15) is 0 Å². The molecule has 0 aromatic heterocycles. The van der Waals surface area contributed by atoms with Crippen LogP contribution in [0.5, 0.6) is 0 Å². The standard InChI is InChI=1S/C11H21NO2/c1-4-6-10(13)7-8-11(14)12-9(3)5-2/h9H,4-8H2,1-3H3,(H,12,14)/t9-/m0/s1. The topological polar surface area (TPSA) is 46.2 Å². The molecular formula is C11H21NO2. The largest absolute Gasteiger partial charge is 0.354 e. The number of carbonyl (C=O) groups excluding carboxylic acids is 2. The molecule has 0 aliphatic rings. The van der Waals surface area contributed by atoms with E-state index < -0.39 is 0 Å². The second-order valence-corrected chi connectivity index (χ2v) is 3.67. The molecule has 1 amide bonds. The highest BCUT2D eigenvalue weighted by Crippen LogP contribution is 1.99. The van der Waals surface area contributed by atoms with Gasteiger partial charge in [0.15, 0.2) is 0 Å². The number of Topliss-reactive ketones (excluding diaryl/α,β-unsaturated/α-hetero) is 1. The number of hydrogen-bond donors (Lipinski definition) is 1. The first kappa shape index (κ1) is 13.1. The number of carbonyl (C=O) groups is 2. The van der Waals surface area contributed by atoms with Gasteiger partial charge in [-0.15, -0.1) is 0 Å². The summed E-state index contributed by atoms with van der Waals surface area (Å²) >= 11 is 0. The Morgan fingerprint density at radius 1 is 1.14 bits per heavy atom.